The molecule has 5 nitrogen and oxygen atoms in total. The van der Waals surface area contributed by atoms with E-state index in [1.807, 2.05) is 31.7 Å². The zero-order valence-corrected chi connectivity index (χ0v) is 16.8. The van der Waals surface area contributed by atoms with Crippen LogP contribution in [0.3, 0.4) is 0 Å². The molecule has 5 heteroatoms. The first-order valence-corrected chi connectivity index (χ1v) is 10.2. The van der Waals surface area contributed by atoms with Gasteiger partial charge in [-0.1, -0.05) is 30.3 Å². The van der Waals surface area contributed by atoms with E-state index in [9.17, 15) is 9.59 Å². The molecular formula is C22H32N2O3. The molecule has 0 saturated carbocycles. The average Bonchev–Trinajstić information content (AvgIpc) is 2.62. The second kappa shape index (κ2) is 8.32. The zero-order chi connectivity index (χ0) is 19.4. The summed E-state index contributed by atoms with van der Waals surface area (Å²) in [5, 5.41) is 0. The maximum absolute atomic E-state index is 13.0. The van der Waals surface area contributed by atoms with Crippen molar-refractivity contribution in [1.29, 1.82) is 0 Å². The number of piperazine rings is 1. The molecule has 0 radical (unpaired) electrons. The van der Waals surface area contributed by atoms with Crippen LogP contribution in [-0.2, 0) is 16.0 Å². The number of unbranched alkanes of at least 4 members (excludes halogenated alkanes) is 1. The smallest absolute Gasteiger partial charge is 0.411 e. The predicted molar refractivity (Wildman–Crippen MR) is 105 cm³/mol. The molecule has 2 atom stereocenters. The van der Waals surface area contributed by atoms with Crippen LogP contribution in [0.25, 0.3) is 0 Å². The Bertz CT molecular complexity index is 653. The van der Waals surface area contributed by atoms with Gasteiger partial charge in [0.05, 0.1) is 6.04 Å². The van der Waals surface area contributed by atoms with Crippen molar-refractivity contribution in [1.82, 2.24) is 9.80 Å². The molecule has 2 aliphatic heterocycles. The van der Waals surface area contributed by atoms with Gasteiger partial charge in [-0.3, -0.25) is 9.69 Å². The van der Waals surface area contributed by atoms with Gasteiger partial charge in [-0.05, 0) is 64.9 Å². The Morgan fingerprint density at radius 2 is 1.89 bits per heavy atom. The van der Waals surface area contributed by atoms with E-state index in [-0.39, 0.29) is 24.1 Å². The van der Waals surface area contributed by atoms with Crippen LogP contribution in [0.15, 0.2) is 30.3 Å². The summed E-state index contributed by atoms with van der Waals surface area (Å²) in [5.41, 5.74) is 0.804. The van der Waals surface area contributed by atoms with E-state index in [0.29, 0.717) is 6.54 Å². The van der Waals surface area contributed by atoms with E-state index in [1.165, 1.54) is 5.56 Å². The second-order valence-corrected chi connectivity index (χ2v) is 8.72. The average molecular weight is 373 g/mol. The SMILES string of the molecule is CC(C)(C)OC(=O)N1C2CCCC1C(=O)N(CCCCc1ccccc1)C2. The van der Waals surface area contributed by atoms with Crippen molar-refractivity contribution in [3.63, 3.8) is 0 Å². The lowest BCUT2D eigenvalue weighted by Gasteiger charge is -2.49. The number of hydrogen-bond acceptors (Lipinski definition) is 3. The van der Waals surface area contributed by atoms with Crippen molar-refractivity contribution in [3.8, 4) is 0 Å². The van der Waals surface area contributed by atoms with Crippen LogP contribution in [-0.4, -0.2) is 52.6 Å². The van der Waals surface area contributed by atoms with E-state index in [1.54, 1.807) is 4.90 Å². The van der Waals surface area contributed by atoms with E-state index in [0.717, 1.165) is 45.1 Å². The lowest BCUT2D eigenvalue weighted by molar-refractivity contribution is -0.147. The number of piperidine rings is 1. The van der Waals surface area contributed by atoms with Gasteiger partial charge in [-0.25, -0.2) is 4.79 Å². The summed E-state index contributed by atoms with van der Waals surface area (Å²) >= 11 is 0. The lowest BCUT2D eigenvalue weighted by Crippen LogP contribution is -2.65. The van der Waals surface area contributed by atoms with Gasteiger partial charge in [0.2, 0.25) is 5.91 Å². The monoisotopic (exact) mass is 372 g/mol. The summed E-state index contributed by atoms with van der Waals surface area (Å²) in [7, 11) is 0. The minimum atomic E-state index is -0.539. The fourth-order valence-electron chi connectivity index (χ4n) is 4.13. The van der Waals surface area contributed by atoms with Crippen molar-refractivity contribution in [2.45, 2.75) is 77.0 Å². The topological polar surface area (TPSA) is 49.9 Å². The molecule has 27 heavy (non-hydrogen) atoms. The summed E-state index contributed by atoms with van der Waals surface area (Å²) < 4.78 is 5.56. The molecule has 3 rings (SSSR count). The van der Waals surface area contributed by atoms with Crippen LogP contribution in [0, 0.1) is 0 Å². The largest absolute Gasteiger partial charge is 0.444 e. The fraction of sp³-hybridized carbons (Fsp3) is 0.636. The van der Waals surface area contributed by atoms with Gasteiger partial charge < -0.3 is 9.64 Å². The number of benzene rings is 1. The molecule has 2 heterocycles. The molecule has 2 unspecified atom stereocenters. The Morgan fingerprint density at radius 1 is 1.15 bits per heavy atom. The van der Waals surface area contributed by atoms with Gasteiger partial charge in [-0.15, -0.1) is 0 Å². The molecule has 2 fully saturated rings. The van der Waals surface area contributed by atoms with Crippen LogP contribution < -0.4 is 0 Å². The normalized spacial score (nSPS) is 22.7. The van der Waals surface area contributed by atoms with Crippen LogP contribution in [0.2, 0.25) is 0 Å². The number of likely N-dealkylation sites (tertiary alicyclic amines) is 1. The molecule has 0 spiro atoms. The number of ether oxygens (including phenoxy) is 1. The highest BCUT2D eigenvalue weighted by atomic mass is 16.6. The maximum atomic E-state index is 13.0. The number of carbonyl (C=O) groups is 2. The summed E-state index contributed by atoms with van der Waals surface area (Å²) in [4.78, 5) is 29.3. The van der Waals surface area contributed by atoms with Gasteiger partial charge in [0, 0.05) is 13.1 Å². The molecule has 2 saturated heterocycles. The van der Waals surface area contributed by atoms with Crippen molar-refractivity contribution in [2.75, 3.05) is 13.1 Å². The highest BCUT2D eigenvalue weighted by Gasteiger charge is 2.46. The Kier molecular flexibility index (Phi) is 6.08. The van der Waals surface area contributed by atoms with Crippen molar-refractivity contribution in [2.24, 2.45) is 0 Å². The minimum absolute atomic E-state index is 0.0884. The lowest BCUT2D eigenvalue weighted by atomic mass is 9.91. The Hall–Kier alpha value is -2.04. The van der Waals surface area contributed by atoms with Gasteiger partial charge in [0.1, 0.15) is 11.6 Å². The predicted octanol–water partition coefficient (Wildman–Crippen LogP) is 4.01. The number of amides is 2. The van der Waals surface area contributed by atoms with Gasteiger partial charge in [-0.2, -0.15) is 0 Å². The number of fused-ring (bicyclic) bond motifs is 2. The number of hydrogen-bond donors (Lipinski definition) is 0. The summed E-state index contributed by atoms with van der Waals surface area (Å²) in [6.45, 7) is 7.02. The van der Waals surface area contributed by atoms with Gasteiger partial charge in [0.15, 0.2) is 0 Å². The third-order valence-electron chi connectivity index (χ3n) is 5.36. The second-order valence-electron chi connectivity index (χ2n) is 8.72. The van der Waals surface area contributed by atoms with E-state index in [2.05, 4.69) is 24.3 Å². The molecule has 0 N–H and O–H groups in total. The van der Waals surface area contributed by atoms with E-state index in [4.69, 9.17) is 4.74 Å². The Morgan fingerprint density at radius 3 is 2.59 bits per heavy atom. The number of carbonyl (C=O) groups excluding carboxylic acids is 2. The van der Waals surface area contributed by atoms with Crippen molar-refractivity contribution in [3.05, 3.63) is 35.9 Å². The number of nitrogens with zero attached hydrogens (tertiary/aromatic N) is 2. The van der Waals surface area contributed by atoms with E-state index < -0.39 is 5.60 Å². The van der Waals surface area contributed by atoms with Crippen LogP contribution in [0.4, 0.5) is 4.79 Å². The van der Waals surface area contributed by atoms with Crippen molar-refractivity contribution >= 4 is 12.0 Å². The van der Waals surface area contributed by atoms with E-state index >= 15 is 0 Å². The highest BCUT2D eigenvalue weighted by Crippen LogP contribution is 2.31. The zero-order valence-electron chi connectivity index (χ0n) is 16.8. The maximum Gasteiger partial charge on any atom is 0.411 e. The summed E-state index contributed by atoms with van der Waals surface area (Å²) in [6, 6.07) is 10.2. The van der Waals surface area contributed by atoms with Crippen molar-refractivity contribution < 1.29 is 14.3 Å². The molecule has 2 aliphatic rings. The first-order chi connectivity index (χ1) is 12.8. The molecule has 2 bridgehead atoms. The molecule has 1 aromatic carbocycles. The van der Waals surface area contributed by atoms with Gasteiger partial charge >= 0.3 is 6.09 Å². The summed E-state index contributed by atoms with van der Waals surface area (Å²) in [5.74, 6) is 0.0940. The summed E-state index contributed by atoms with van der Waals surface area (Å²) in [6.07, 6.45) is 5.46. The first kappa shape index (κ1) is 19.7. The highest BCUT2D eigenvalue weighted by molar-refractivity contribution is 5.87. The Labute approximate surface area is 162 Å². The first-order valence-electron chi connectivity index (χ1n) is 10.2. The Balaban J connectivity index is 1.55. The fourth-order valence-corrected chi connectivity index (χ4v) is 4.13. The quantitative estimate of drug-likeness (QED) is 0.734. The molecule has 0 aromatic heterocycles. The third kappa shape index (κ3) is 5.02. The molecular weight excluding hydrogens is 340 g/mol. The molecule has 2 amide bonds. The number of aryl methyl sites for hydroxylation is 1. The van der Waals surface area contributed by atoms with Crippen LogP contribution in [0.5, 0.6) is 0 Å². The third-order valence-corrected chi connectivity index (χ3v) is 5.36. The standard InChI is InChI=1S/C22H32N2O3/c1-22(2,3)27-21(26)24-18-13-9-14-19(24)20(25)23(16-18)15-8-7-12-17-10-5-4-6-11-17/h4-6,10-11,18-19H,7-9,12-16H2,1-3H3. The number of rotatable bonds is 5. The van der Waals surface area contributed by atoms with Gasteiger partial charge in [0.25, 0.3) is 0 Å². The minimum Gasteiger partial charge on any atom is -0.444 e. The molecule has 0 aliphatic carbocycles. The molecule has 1 aromatic rings. The van der Waals surface area contributed by atoms with Crippen LogP contribution in [0.1, 0.15) is 58.4 Å². The van der Waals surface area contributed by atoms with Crippen LogP contribution >= 0.6 is 0 Å². The molecule has 148 valence electrons.